The van der Waals surface area contributed by atoms with Crippen LogP contribution in [-0.2, 0) is 26.0 Å². The fourth-order valence-corrected chi connectivity index (χ4v) is 4.77. The van der Waals surface area contributed by atoms with Crippen LogP contribution in [0.2, 0.25) is 0 Å². The second-order valence-electron chi connectivity index (χ2n) is 9.43. The molecular formula is C27H39N3O4S. The Bertz CT molecular complexity index is 1070. The van der Waals surface area contributed by atoms with Crippen LogP contribution in [0, 0.1) is 0 Å². The molecule has 0 heterocycles. The molecule has 0 spiro atoms. The van der Waals surface area contributed by atoms with E-state index in [1.54, 1.807) is 12.1 Å². The molecule has 7 nitrogen and oxygen atoms in total. The van der Waals surface area contributed by atoms with E-state index in [0.717, 1.165) is 21.7 Å². The summed E-state index contributed by atoms with van der Waals surface area (Å²) in [7, 11) is -3.73. The van der Waals surface area contributed by atoms with Crippen molar-refractivity contribution in [3.63, 3.8) is 0 Å². The third-order valence-corrected chi connectivity index (χ3v) is 6.97. The number of hydrogen-bond acceptors (Lipinski definition) is 4. The van der Waals surface area contributed by atoms with Crippen LogP contribution in [0.3, 0.4) is 0 Å². The van der Waals surface area contributed by atoms with E-state index in [1.807, 2.05) is 63.2 Å². The van der Waals surface area contributed by atoms with Gasteiger partial charge in [0.2, 0.25) is 21.8 Å². The molecular weight excluding hydrogens is 462 g/mol. The van der Waals surface area contributed by atoms with Gasteiger partial charge in [-0.2, -0.15) is 0 Å². The van der Waals surface area contributed by atoms with Crippen LogP contribution in [0.1, 0.15) is 58.1 Å². The van der Waals surface area contributed by atoms with Gasteiger partial charge in [-0.3, -0.25) is 13.9 Å². The van der Waals surface area contributed by atoms with Crippen LogP contribution in [0.5, 0.6) is 0 Å². The highest BCUT2D eigenvalue weighted by atomic mass is 32.2. The van der Waals surface area contributed by atoms with Crippen LogP contribution < -0.4 is 9.62 Å². The van der Waals surface area contributed by atoms with Crippen molar-refractivity contribution in [1.82, 2.24) is 10.2 Å². The number of anilines is 1. The molecule has 2 rings (SSSR count). The summed E-state index contributed by atoms with van der Waals surface area (Å²) >= 11 is 0. The lowest BCUT2D eigenvalue weighted by Crippen LogP contribution is -2.54. The molecule has 0 aliphatic rings. The topological polar surface area (TPSA) is 86.8 Å². The largest absolute Gasteiger partial charge is 0.352 e. The van der Waals surface area contributed by atoms with Crippen molar-refractivity contribution < 1.29 is 18.0 Å². The van der Waals surface area contributed by atoms with E-state index in [1.165, 1.54) is 4.90 Å². The van der Waals surface area contributed by atoms with E-state index in [9.17, 15) is 18.0 Å². The maximum atomic E-state index is 13.6. The van der Waals surface area contributed by atoms with Gasteiger partial charge in [0.15, 0.2) is 0 Å². The van der Waals surface area contributed by atoms with Crippen molar-refractivity contribution in [2.75, 3.05) is 23.7 Å². The second kappa shape index (κ2) is 12.7. The second-order valence-corrected chi connectivity index (χ2v) is 11.3. The van der Waals surface area contributed by atoms with Gasteiger partial charge >= 0.3 is 0 Å². The highest BCUT2D eigenvalue weighted by Gasteiger charge is 2.31. The highest BCUT2D eigenvalue weighted by molar-refractivity contribution is 7.92. The van der Waals surface area contributed by atoms with Crippen LogP contribution in [0.4, 0.5) is 5.69 Å². The molecule has 2 amide bonds. The number of carbonyl (C=O) groups is 2. The maximum Gasteiger partial charge on any atom is 0.244 e. The first-order valence-corrected chi connectivity index (χ1v) is 14.0. The lowest BCUT2D eigenvalue weighted by atomic mass is 10.0. The van der Waals surface area contributed by atoms with E-state index >= 15 is 0 Å². The molecule has 0 aliphatic carbocycles. The Hall–Kier alpha value is -2.87. The molecule has 0 saturated carbocycles. The van der Waals surface area contributed by atoms with Crippen LogP contribution in [0.15, 0.2) is 54.6 Å². The fourth-order valence-electron chi connectivity index (χ4n) is 3.92. The Kier molecular flexibility index (Phi) is 10.3. The maximum absolute atomic E-state index is 13.6. The van der Waals surface area contributed by atoms with Gasteiger partial charge in [-0.25, -0.2) is 8.42 Å². The normalized spacial score (nSPS) is 12.5. The summed E-state index contributed by atoms with van der Waals surface area (Å²) in [5.41, 5.74) is 2.54. The van der Waals surface area contributed by atoms with E-state index in [2.05, 4.69) is 19.2 Å². The lowest BCUT2D eigenvalue weighted by Gasteiger charge is -2.33. The molecule has 2 aromatic rings. The van der Waals surface area contributed by atoms with Crippen LogP contribution in [0.25, 0.3) is 0 Å². The number of carbonyl (C=O) groups excluding carboxylic acids is 2. The van der Waals surface area contributed by atoms with Crippen molar-refractivity contribution >= 4 is 27.5 Å². The van der Waals surface area contributed by atoms with Crippen molar-refractivity contribution in [2.45, 2.75) is 65.5 Å². The third-order valence-electron chi connectivity index (χ3n) is 5.83. The molecule has 8 heteroatoms. The minimum absolute atomic E-state index is 0.0744. The third kappa shape index (κ3) is 8.38. The summed E-state index contributed by atoms with van der Waals surface area (Å²) in [6.07, 6.45) is 2.06. The van der Waals surface area contributed by atoms with Gasteiger partial charge in [-0.1, -0.05) is 63.2 Å². The number of nitrogens with one attached hydrogen (secondary N) is 1. The van der Waals surface area contributed by atoms with E-state index in [0.29, 0.717) is 31.0 Å². The van der Waals surface area contributed by atoms with Gasteiger partial charge in [0.1, 0.15) is 12.6 Å². The molecule has 0 saturated heterocycles. The SMILES string of the molecule is CC[C@@H](C(=O)NC(C)C)N(CCc1ccccc1)C(=O)CN(c1ccc(C(C)C)cc1)S(C)(=O)=O. The van der Waals surface area contributed by atoms with Gasteiger partial charge in [0, 0.05) is 12.6 Å². The van der Waals surface area contributed by atoms with Crippen molar-refractivity contribution in [3.8, 4) is 0 Å². The Morgan fingerprint density at radius 3 is 2.03 bits per heavy atom. The van der Waals surface area contributed by atoms with Gasteiger partial charge in [0.25, 0.3) is 0 Å². The molecule has 0 radical (unpaired) electrons. The molecule has 0 bridgehead atoms. The van der Waals surface area contributed by atoms with Crippen LogP contribution in [-0.4, -0.2) is 56.6 Å². The predicted octanol–water partition coefficient (Wildman–Crippen LogP) is 3.95. The number of benzene rings is 2. The lowest BCUT2D eigenvalue weighted by molar-refractivity contribution is -0.139. The van der Waals surface area contributed by atoms with Gasteiger partial charge in [0.05, 0.1) is 11.9 Å². The molecule has 192 valence electrons. The van der Waals surface area contributed by atoms with Gasteiger partial charge in [-0.05, 0) is 55.9 Å². The summed E-state index contributed by atoms with van der Waals surface area (Å²) in [6, 6.07) is 16.1. The first-order valence-electron chi connectivity index (χ1n) is 12.2. The number of hydrogen-bond donors (Lipinski definition) is 1. The van der Waals surface area contributed by atoms with Crippen molar-refractivity contribution in [3.05, 3.63) is 65.7 Å². The highest BCUT2D eigenvalue weighted by Crippen LogP contribution is 2.22. The predicted molar refractivity (Wildman–Crippen MR) is 142 cm³/mol. The molecule has 0 aliphatic heterocycles. The summed E-state index contributed by atoms with van der Waals surface area (Å²) in [4.78, 5) is 28.1. The Balaban J connectivity index is 2.36. The smallest absolute Gasteiger partial charge is 0.244 e. The van der Waals surface area contributed by atoms with Crippen molar-refractivity contribution in [1.29, 1.82) is 0 Å². The Morgan fingerprint density at radius 2 is 1.54 bits per heavy atom. The average molecular weight is 502 g/mol. The summed E-state index contributed by atoms with van der Waals surface area (Å²) in [5.74, 6) is -0.350. The number of sulfonamides is 1. The molecule has 1 N–H and O–H groups in total. The quantitative estimate of drug-likeness (QED) is 0.477. The van der Waals surface area contributed by atoms with Gasteiger partial charge in [-0.15, -0.1) is 0 Å². The standard InChI is InChI=1S/C27H39N3O4S/c1-7-25(27(32)28-21(4)5)29(18-17-22-11-9-8-10-12-22)26(31)19-30(35(6,33)34)24-15-13-23(14-16-24)20(2)3/h8-16,20-21,25H,7,17-19H2,1-6H3,(H,28,32)/t25-/m0/s1. The zero-order valence-electron chi connectivity index (χ0n) is 21.7. The molecule has 0 unspecified atom stereocenters. The van der Waals surface area contributed by atoms with E-state index in [-0.39, 0.29) is 18.5 Å². The Morgan fingerprint density at radius 1 is 0.943 bits per heavy atom. The zero-order valence-corrected chi connectivity index (χ0v) is 22.5. The Labute approximate surface area is 210 Å². The molecule has 35 heavy (non-hydrogen) atoms. The molecule has 0 fully saturated rings. The molecule has 0 aromatic heterocycles. The average Bonchev–Trinajstić information content (AvgIpc) is 2.79. The van der Waals surface area contributed by atoms with E-state index in [4.69, 9.17) is 0 Å². The van der Waals surface area contributed by atoms with Gasteiger partial charge < -0.3 is 10.2 Å². The first-order chi connectivity index (χ1) is 16.4. The number of nitrogens with zero attached hydrogens (tertiary/aromatic N) is 2. The summed E-state index contributed by atoms with van der Waals surface area (Å²) < 4.78 is 26.5. The minimum Gasteiger partial charge on any atom is -0.352 e. The minimum atomic E-state index is -3.73. The van der Waals surface area contributed by atoms with E-state index < -0.39 is 22.0 Å². The van der Waals surface area contributed by atoms with Crippen molar-refractivity contribution in [2.24, 2.45) is 0 Å². The number of rotatable bonds is 12. The molecule has 2 aromatic carbocycles. The van der Waals surface area contributed by atoms with Crippen LogP contribution >= 0.6 is 0 Å². The zero-order chi connectivity index (χ0) is 26.2. The first kappa shape index (κ1) is 28.4. The summed E-state index contributed by atoms with van der Waals surface area (Å²) in [6.45, 7) is 9.64. The summed E-state index contributed by atoms with van der Waals surface area (Å²) in [5, 5.41) is 2.89. The monoisotopic (exact) mass is 501 g/mol. The fraction of sp³-hybridized carbons (Fsp3) is 0.481. The molecule has 1 atom stereocenters. The number of amides is 2.